The summed E-state index contributed by atoms with van der Waals surface area (Å²) >= 11 is 0. The minimum Gasteiger partial charge on any atom is -0.504 e. The van der Waals surface area contributed by atoms with E-state index in [2.05, 4.69) is 9.97 Å². The fourth-order valence-electron chi connectivity index (χ4n) is 1.51. The Morgan fingerprint density at radius 2 is 1.72 bits per heavy atom. The van der Waals surface area contributed by atoms with Gasteiger partial charge in [0.15, 0.2) is 5.75 Å². The molecule has 6 N–H and O–H groups in total. The van der Waals surface area contributed by atoms with Crippen LogP contribution in [-0.2, 0) is 4.79 Å². The molecule has 1 aromatic rings. The van der Waals surface area contributed by atoms with Crippen molar-refractivity contribution in [2.75, 3.05) is 0 Å². The number of carboxylic acid groups (broad SMARTS) is 1. The molecule has 1 rings (SSSR count). The number of hydrogen-bond donors (Lipinski definition) is 4. The van der Waals surface area contributed by atoms with Crippen LogP contribution in [0.4, 0.5) is 0 Å². The van der Waals surface area contributed by atoms with Gasteiger partial charge in [0.05, 0.1) is 17.4 Å². The third kappa shape index (κ3) is 3.38. The van der Waals surface area contributed by atoms with Gasteiger partial charge in [-0.2, -0.15) is 0 Å². The molecule has 1 heterocycles. The highest BCUT2D eigenvalue weighted by Crippen LogP contribution is 2.21. The smallest absolute Gasteiger partial charge is 0.320 e. The van der Waals surface area contributed by atoms with Gasteiger partial charge < -0.3 is 21.7 Å². The number of aryl methyl sites for hydroxylation is 2. The summed E-state index contributed by atoms with van der Waals surface area (Å²) in [6.07, 6.45) is 0.621. The molecule has 0 saturated heterocycles. The monoisotopic (exact) mass is 254 g/mol. The van der Waals surface area contributed by atoms with E-state index in [-0.39, 0.29) is 12.2 Å². The summed E-state index contributed by atoms with van der Waals surface area (Å²) in [6.45, 7) is 3.31. The molecule has 1 aromatic heterocycles. The lowest BCUT2D eigenvalue weighted by Gasteiger charge is -2.14. The quantitative estimate of drug-likeness (QED) is 0.580. The summed E-state index contributed by atoms with van der Waals surface area (Å²) in [5.41, 5.74) is 12.2. The summed E-state index contributed by atoms with van der Waals surface area (Å²) in [5.74, 6) is -0.616. The molecular weight excluding hydrogens is 236 g/mol. The van der Waals surface area contributed by atoms with E-state index >= 15 is 0 Å². The lowest BCUT2D eigenvalue weighted by atomic mass is 10.1. The van der Waals surface area contributed by atoms with Crippen molar-refractivity contribution in [2.24, 2.45) is 11.5 Å². The molecule has 0 aliphatic carbocycles. The standard InChI is InChI=1S/C11H18N4O3/c1-5-9(16)6(2)15-10(14-5)7(12)3-4-8(13)11(17)18/h7-8,16H,3-4,12-13H2,1-2H3,(H,17,18). The highest BCUT2D eigenvalue weighted by atomic mass is 16.4. The maximum Gasteiger partial charge on any atom is 0.320 e. The second-order valence-corrected chi connectivity index (χ2v) is 4.23. The first-order chi connectivity index (χ1) is 8.32. The van der Waals surface area contributed by atoms with Crippen LogP contribution in [0, 0.1) is 13.8 Å². The Bertz CT molecular complexity index is 427. The summed E-state index contributed by atoms with van der Waals surface area (Å²) in [7, 11) is 0. The molecule has 0 radical (unpaired) electrons. The van der Waals surface area contributed by atoms with Crippen molar-refractivity contribution in [3.05, 3.63) is 17.2 Å². The first-order valence-corrected chi connectivity index (χ1v) is 5.61. The predicted octanol–water partition coefficient (Wildman–Crippen LogP) is -0.00906. The van der Waals surface area contributed by atoms with Crippen LogP contribution < -0.4 is 11.5 Å². The molecule has 0 bridgehead atoms. The number of hydrogen-bond acceptors (Lipinski definition) is 6. The molecule has 0 aliphatic heterocycles. The van der Waals surface area contributed by atoms with E-state index in [0.717, 1.165) is 0 Å². The van der Waals surface area contributed by atoms with Crippen LogP contribution >= 0.6 is 0 Å². The molecular formula is C11H18N4O3. The lowest BCUT2D eigenvalue weighted by Crippen LogP contribution is -2.31. The molecule has 7 heteroatoms. The van der Waals surface area contributed by atoms with E-state index in [1.807, 2.05) is 0 Å². The third-order valence-electron chi connectivity index (χ3n) is 2.69. The molecule has 7 nitrogen and oxygen atoms in total. The Balaban J connectivity index is 2.73. The molecule has 18 heavy (non-hydrogen) atoms. The molecule has 0 aliphatic rings. The van der Waals surface area contributed by atoms with Crippen LogP contribution in [0.15, 0.2) is 0 Å². The number of rotatable bonds is 5. The topological polar surface area (TPSA) is 135 Å². The van der Waals surface area contributed by atoms with Crippen LogP contribution in [0.1, 0.15) is 36.1 Å². The number of aromatic nitrogens is 2. The van der Waals surface area contributed by atoms with Crippen LogP contribution in [0.5, 0.6) is 5.75 Å². The van der Waals surface area contributed by atoms with Crippen LogP contribution in [0.25, 0.3) is 0 Å². The number of carboxylic acids is 1. The number of aromatic hydroxyl groups is 1. The van der Waals surface area contributed by atoms with E-state index < -0.39 is 18.1 Å². The van der Waals surface area contributed by atoms with E-state index in [4.69, 9.17) is 16.6 Å². The third-order valence-corrected chi connectivity index (χ3v) is 2.69. The van der Waals surface area contributed by atoms with Gasteiger partial charge in [-0.1, -0.05) is 0 Å². The molecule has 100 valence electrons. The number of nitrogens with zero attached hydrogens (tertiary/aromatic N) is 2. The minimum absolute atomic E-state index is 0.0492. The Hall–Kier alpha value is -1.73. The molecule has 0 aromatic carbocycles. The van der Waals surface area contributed by atoms with Gasteiger partial charge in [0.2, 0.25) is 0 Å². The van der Waals surface area contributed by atoms with Gasteiger partial charge >= 0.3 is 5.97 Å². The highest BCUT2D eigenvalue weighted by molar-refractivity contribution is 5.72. The molecule has 2 atom stereocenters. The molecule has 0 spiro atoms. The van der Waals surface area contributed by atoms with Crippen molar-refractivity contribution in [3.8, 4) is 5.75 Å². The Morgan fingerprint density at radius 1 is 1.22 bits per heavy atom. The number of carbonyl (C=O) groups is 1. The average molecular weight is 254 g/mol. The maximum absolute atomic E-state index is 10.6. The Morgan fingerprint density at radius 3 is 2.17 bits per heavy atom. The fraction of sp³-hybridized carbons (Fsp3) is 0.545. The Labute approximate surface area is 105 Å². The Kier molecular flexibility index (Phi) is 4.57. The average Bonchev–Trinajstić information content (AvgIpc) is 2.31. The number of nitrogens with two attached hydrogens (primary N) is 2. The molecule has 2 unspecified atom stereocenters. The van der Waals surface area contributed by atoms with Gasteiger partial charge in [0.1, 0.15) is 11.9 Å². The summed E-state index contributed by atoms with van der Waals surface area (Å²) < 4.78 is 0. The second-order valence-electron chi connectivity index (χ2n) is 4.23. The van der Waals surface area contributed by atoms with Crippen molar-refractivity contribution < 1.29 is 15.0 Å². The van der Waals surface area contributed by atoms with Crippen LogP contribution in [0.2, 0.25) is 0 Å². The first-order valence-electron chi connectivity index (χ1n) is 5.61. The van der Waals surface area contributed by atoms with Crippen molar-refractivity contribution >= 4 is 5.97 Å². The molecule has 0 fully saturated rings. The van der Waals surface area contributed by atoms with Crippen molar-refractivity contribution in [2.45, 2.75) is 38.8 Å². The van der Waals surface area contributed by atoms with Gasteiger partial charge in [-0.25, -0.2) is 9.97 Å². The second kappa shape index (κ2) is 5.74. The maximum atomic E-state index is 10.6. The normalized spacial score (nSPS) is 14.2. The van der Waals surface area contributed by atoms with Crippen molar-refractivity contribution in [3.63, 3.8) is 0 Å². The zero-order valence-corrected chi connectivity index (χ0v) is 10.4. The summed E-state index contributed by atoms with van der Waals surface area (Å²) in [6, 6.07) is -1.43. The molecule has 0 amide bonds. The van der Waals surface area contributed by atoms with Gasteiger partial charge in [0, 0.05) is 0 Å². The largest absolute Gasteiger partial charge is 0.504 e. The van der Waals surface area contributed by atoms with Crippen LogP contribution in [0.3, 0.4) is 0 Å². The van der Waals surface area contributed by atoms with Crippen molar-refractivity contribution in [1.82, 2.24) is 9.97 Å². The zero-order chi connectivity index (χ0) is 13.9. The minimum atomic E-state index is -1.05. The number of aliphatic carboxylic acids is 1. The SMILES string of the molecule is Cc1nc(C(N)CCC(N)C(=O)O)nc(C)c1O. The predicted molar refractivity (Wildman–Crippen MR) is 64.9 cm³/mol. The van der Waals surface area contributed by atoms with Crippen LogP contribution in [-0.4, -0.2) is 32.2 Å². The van der Waals surface area contributed by atoms with Crippen molar-refractivity contribution in [1.29, 1.82) is 0 Å². The first kappa shape index (κ1) is 14.3. The van der Waals surface area contributed by atoms with E-state index in [9.17, 15) is 9.90 Å². The summed E-state index contributed by atoms with van der Waals surface area (Å²) in [4.78, 5) is 18.7. The van der Waals surface area contributed by atoms with Gasteiger partial charge in [-0.05, 0) is 26.7 Å². The lowest BCUT2D eigenvalue weighted by molar-refractivity contribution is -0.138. The zero-order valence-electron chi connectivity index (χ0n) is 10.4. The van der Waals surface area contributed by atoms with E-state index in [0.29, 0.717) is 23.6 Å². The highest BCUT2D eigenvalue weighted by Gasteiger charge is 2.17. The van der Waals surface area contributed by atoms with E-state index in [1.165, 1.54) is 0 Å². The van der Waals surface area contributed by atoms with Gasteiger partial charge in [-0.3, -0.25) is 4.79 Å². The van der Waals surface area contributed by atoms with E-state index in [1.54, 1.807) is 13.8 Å². The fourth-order valence-corrected chi connectivity index (χ4v) is 1.51. The summed E-state index contributed by atoms with van der Waals surface area (Å²) in [5, 5.41) is 18.2. The van der Waals surface area contributed by atoms with Gasteiger partial charge in [-0.15, -0.1) is 0 Å². The molecule has 0 saturated carbocycles. The van der Waals surface area contributed by atoms with Gasteiger partial charge in [0.25, 0.3) is 0 Å².